The summed E-state index contributed by atoms with van der Waals surface area (Å²) in [7, 11) is -4.07. The number of aromatic nitrogens is 1. The van der Waals surface area contributed by atoms with Gasteiger partial charge in [-0.3, -0.25) is 0 Å². The molecule has 0 spiro atoms. The molecule has 0 radical (unpaired) electrons. The Kier molecular flexibility index (Phi) is 11.0. The van der Waals surface area contributed by atoms with Gasteiger partial charge < -0.3 is 29.1 Å². The first-order valence-electron chi connectivity index (χ1n) is 16.6. The number of nitriles is 1. The van der Waals surface area contributed by atoms with Crippen molar-refractivity contribution >= 4 is 16.1 Å². The summed E-state index contributed by atoms with van der Waals surface area (Å²) in [6.45, 7) is 4.44. The fourth-order valence-electron chi connectivity index (χ4n) is 6.21. The van der Waals surface area contributed by atoms with Crippen molar-refractivity contribution in [2.24, 2.45) is 11.8 Å². The molecule has 2 aliphatic heterocycles. The van der Waals surface area contributed by atoms with Crippen LogP contribution in [0.25, 0.3) is 22.7 Å². The predicted molar refractivity (Wildman–Crippen MR) is 183 cm³/mol. The number of aliphatic hydroxyl groups is 1. The van der Waals surface area contributed by atoms with Crippen LogP contribution in [0.5, 0.6) is 0 Å². The molecule has 0 saturated carbocycles. The van der Waals surface area contributed by atoms with E-state index in [-0.39, 0.29) is 49.1 Å². The molecule has 4 aromatic rings. The predicted octanol–water partition coefficient (Wildman–Crippen LogP) is 4.99. The number of benzene rings is 3. The molecule has 2 aliphatic rings. The maximum atomic E-state index is 14.1. The highest BCUT2D eigenvalue weighted by atomic mass is 32.2. The number of carbonyl (C=O) groups excluding carboxylic acids is 1. The summed E-state index contributed by atoms with van der Waals surface area (Å²) in [5.74, 6) is 0.265. The molecule has 262 valence electrons. The number of alkyl carbamates (subject to hydrolysis) is 1. The SMILES string of the molecule is CC(C)CN(C[C@@H](O)[C@H](Cc1ccccc1)NC(=O)O[C@H]1CO[C@H]2OCC[C@H]21)S(=O)(=O)c1ccc(-c2coc(-c3ccc(C#N)cc3)n2)cc1. The summed E-state index contributed by atoms with van der Waals surface area (Å²) >= 11 is 0. The molecule has 3 heterocycles. The van der Waals surface area contributed by atoms with E-state index in [0.717, 1.165) is 12.0 Å². The Hall–Kier alpha value is -4.58. The van der Waals surface area contributed by atoms with Crippen molar-refractivity contribution in [1.82, 2.24) is 14.6 Å². The summed E-state index contributed by atoms with van der Waals surface area (Å²) in [5, 5.41) is 23.4. The Labute approximate surface area is 291 Å². The number of sulfonamides is 1. The lowest BCUT2D eigenvalue weighted by atomic mass is 10.0. The summed E-state index contributed by atoms with van der Waals surface area (Å²) in [4.78, 5) is 17.7. The van der Waals surface area contributed by atoms with Gasteiger partial charge in [-0.15, -0.1) is 0 Å². The molecule has 2 saturated heterocycles. The normalized spacial score (nSPS) is 20.0. The maximum Gasteiger partial charge on any atom is 0.407 e. The molecule has 5 atom stereocenters. The number of aliphatic hydroxyl groups excluding tert-OH is 1. The summed E-state index contributed by atoms with van der Waals surface area (Å²) < 4.78 is 51.9. The van der Waals surface area contributed by atoms with Crippen LogP contribution in [0, 0.1) is 23.2 Å². The maximum absolute atomic E-state index is 14.1. The Bertz CT molecular complexity index is 1890. The number of fused-ring (bicyclic) bond motifs is 1. The zero-order valence-electron chi connectivity index (χ0n) is 27.8. The Morgan fingerprint density at radius 3 is 2.46 bits per heavy atom. The van der Waals surface area contributed by atoms with Gasteiger partial charge in [0.15, 0.2) is 6.29 Å². The van der Waals surface area contributed by atoms with E-state index in [2.05, 4.69) is 16.4 Å². The molecule has 0 unspecified atom stereocenters. The van der Waals surface area contributed by atoms with Crippen LogP contribution in [0.4, 0.5) is 4.79 Å². The average Bonchev–Trinajstić information content (AvgIpc) is 3.88. The topological polar surface area (TPSA) is 164 Å². The molecule has 3 aromatic carbocycles. The minimum Gasteiger partial charge on any atom is -0.444 e. The van der Waals surface area contributed by atoms with Gasteiger partial charge in [-0.1, -0.05) is 56.3 Å². The number of hydrogen-bond acceptors (Lipinski definition) is 10. The molecular weight excluding hydrogens is 660 g/mol. The Morgan fingerprint density at radius 2 is 1.76 bits per heavy atom. The summed E-state index contributed by atoms with van der Waals surface area (Å²) in [6, 6.07) is 23.7. The second-order valence-electron chi connectivity index (χ2n) is 12.9. The van der Waals surface area contributed by atoms with Crippen molar-refractivity contribution in [1.29, 1.82) is 5.26 Å². The number of hydrogen-bond donors (Lipinski definition) is 2. The number of nitrogens with one attached hydrogen (secondary N) is 1. The first-order valence-corrected chi connectivity index (χ1v) is 18.0. The van der Waals surface area contributed by atoms with Crippen LogP contribution in [-0.4, -0.2) is 79.7 Å². The monoisotopic (exact) mass is 700 g/mol. The highest BCUT2D eigenvalue weighted by molar-refractivity contribution is 7.89. The lowest BCUT2D eigenvalue weighted by Crippen LogP contribution is -2.51. The number of amides is 1. The van der Waals surface area contributed by atoms with Crippen molar-refractivity contribution in [2.45, 2.75) is 56.1 Å². The fourth-order valence-corrected chi connectivity index (χ4v) is 7.83. The first kappa shape index (κ1) is 35.3. The van der Waals surface area contributed by atoms with Gasteiger partial charge in [0.25, 0.3) is 0 Å². The van der Waals surface area contributed by atoms with E-state index in [1.165, 1.54) is 22.7 Å². The summed E-state index contributed by atoms with van der Waals surface area (Å²) in [6.07, 6.45) is -0.380. The van der Waals surface area contributed by atoms with Gasteiger partial charge in [0.1, 0.15) is 18.1 Å². The van der Waals surface area contributed by atoms with E-state index in [1.807, 2.05) is 44.2 Å². The van der Waals surface area contributed by atoms with Gasteiger partial charge in [0.2, 0.25) is 15.9 Å². The van der Waals surface area contributed by atoms with Crippen molar-refractivity contribution < 1.29 is 36.9 Å². The molecule has 50 heavy (non-hydrogen) atoms. The lowest BCUT2D eigenvalue weighted by Gasteiger charge is -2.31. The molecule has 1 aromatic heterocycles. The third-order valence-corrected chi connectivity index (χ3v) is 10.7. The van der Waals surface area contributed by atoms with E-state index < -0.39 is 34.4 Å². The fraction of sp³-hybridized carbons (Fsp3) is 0.378. The van der Waals surface area contributed by atoms with Gasteiger partial charge in [0, 0.05) is 24.2 Å². The number of rotatable bonds is 13. The van der Waals surface area contributed by atoms with Crippen LogP contribution in [0.1, 0.15) is 31.4 Å². The van der Waals surface area contributed by atoms with Gasteiger partial charge in [-0.05, 0) is 60.7 Å². The molecular formula is C37H40N4O8S. The van der Waals surface area contributed by atoms with Gasteiger partial charge in [0.05, 0.1) is 47.8 Å². The molecule has 0 aliphatic carbocycles. The molecule has 13 heteroatoms. The minimum atomic E-state index is -4.07. The van der Waals surface area contributed by atoms with E-state index in [1.54, 1.807) is 36.4 Å². The van der Waals surface area contributed by atoms with Crippen molar-refractivity contribution in [3.8, 4) is 28.8 Å². The van der Waals surface area contributed by atoms with E-state index in [0.29, 0.717) is 34.9 Å². The Morgan fingerprint density at radius 1 is 1.04 bits per heavy atom. The van der Waals surface area contributed by atoms with Crippen LogP contribution in [-0.2, 0) is 30.7 Å². The molecule has 1 amide bonds. The smallest absolute Gasteiger partial charge is 0.407 e. The van der Waals surface area contributed by atoms with E-state index in [4.69, 9.17) is 23.9 Å². The van der Waals surface area contributed by atoms with Crippen LogP contribution < -0.4 is 5.32 Å². The third kappa shape index (κ3) is 8.23. The second kappa shape index (κ2) is 15.5. The molecule has 6 rings (SSSR count). The molecule has 2 fully saturated rings. The zero-order chi connectivity index (χ0) is 35.3. The minimum absolute atomic E-state index is 0.0476. The first-order chi connectivity index (χ1) is 24.1. The molecule has 12 nitrogen and oxygen atoms in total. The van der Waals surface area contributed by atoms with Crippen molar-refractivity contribution in [3.05, 3.63) is 96.3 Å². The van der Waals surface area contributed by atoms with Gasteiger partial charge >= 0.3 is 6.09 Å². The van der Waals surface area contributed by atoms with Crippen LogP contribution in [0.15, 0.2) is 94.4 Å². The van der Waals surface area contributed by atoms with Crippen LogP contribution in [0.3, 0.4) is 0 Å². The van der Waals surface area contributed by atoms with Crippen LogP contribution in [0.2, 0.25) is 0 Å². The Balaban J connectivity index is 1.17. The van der Waals surface area contributed by atoms with Crippen LogP contribution >= 0.6 is 0 Å². The standard InChI is InChI=1S/C37H40N4O8S/c1-24(2)20-41(50(44,45)29-14-12-27(13-15-29)32-22-47-35(39-32)28-10-8-26(19-38)9-11-28)21-33(42)31(18-25-6-4-3-5-7-25)40-37(43)49-34-23-48-36-30(34)16-17-46-36/h3-15,22,24,30-31,33-34,36,42H,16-18,20-21,23H2,1-2H3,(H,40,43)/t30-,31-,33+,34-,36+/m0/s1. The largest absolute Gasteiger partial charge is 0.444 e. The zero-order valence-corrected chi connectivity index (χ0v) is 28.7. The second-order valence-corrected chi connectivity index (χ2v) is 14.9. The number of nitrogens with zero attached hydrogens (tertiary/aromatic N) is 3. The van der Waals surface area contributed by atoms with E-state index >= 15 is 0 Å². The molecule has 0 bridgehead atoms. The van der Waals surface area contributed by atoms with Gasteiger partial charge in [-0.2, -0.15) is 9.57 Å². The van der Waals surface area contributed by atoms with Gasteiger partial charge in [-0.25, -0.2) is 18.2 Å². The van der Waals surface area contributed by atoms with Crippen molar-refractivity contribution in [3.63, 3.8) is 0 Å². The highest BCUT2D eigenvalue weighted by Gasteiger charge is 2.44. The highest BCUT2D eigenvalue weighted by Crippen LogP contribution is 2.33. The van der Waals surface area contributed by atoms with E-state index in [9.17, 15) is 18.3 Å². The van der Waals surface area contributed by atoms with Crippen molar-refractivity contribution in [2.75, 3.05) is 26.3 Å². The lowest BCUT2D eigenvalue weighted by molar-refractivity contribution is -0.0907. The number of ether oxygens (including phenoxy) is 3. The quantitative estimate of drug-likeness (QED) is 0.194. The number of carbonyl (C=O) groups is 1. The number of oxazole rings is 1. The molecule has 2 N–H and O–H groups in total. The third-order valence-electron chi connectivity index (χ3n) is 8.82. The summed E-state index contributed by atoms with van der Waals surface area (Å²) in [5.41, 5.74) is 3.25. The average molecular weight is 701 g/mol.